The molecule has 5 N–H and O–H groups in total. The van der Waals surface area contributed by atoms with E-state index in [9.17, 15) is 9.59 Å². The van der Waals surface area contributed by atoms with Crippen LogP contribution in [-0.2, 0) is 22.7 Å². The van der Waals surface area contributed by atoms with Crippen LogP contribution in [0.5, 0.6) is 5.88 Å². The van der Waals surface area contributed by atoms with E-state index in [1.54, 1.807) is 0 Å². The van der Waals surface area contributed by atoms with E-state index in [-0.39, 0.29) is 29.7 Å². The van der Waals surface area contributed by atoms with Gasteiger partial charge in [0.25, 0.3) is 0 Å². The number of hydrogen-bond acceptors (Lipinski definition) is 7. The Morgan fingerprint density at radius 1 is 1.09 bits per heavy atom. The van der Waals surface area contributed by atoms with Crippen molar-refractivity contribution in [3.8, 4) is 5.88 Å². The van der Waals surface area contributed by atoms with Gasteiger partial charge in [-0.3, -0.25) is 9.59 Å². The maximum atomic E-state index is 12.6. The predicted molar refractivity (Wildman–Crippen MR) is 132 cm³/mol. The number of carbonyl (C=O) groups is 2. The van der Waals surface area contributed by atoms with Crippen molar-refractivity contribution in [2.45, 2.75) is 65.6 Å². The first-order valence-corrected chi connectivity index (χ1v) is 11.9. The third-order valence-corrected chi connectivity index (χ3v) is 6.25. The first kappa shape index (κ1) is 24.4. The molecule has 1 aliphatic carbocycles. The lowest BCUT2D eigenvalue weighted by molar-refractivity contribution is -0.129. The summed E-state index contributed by atoms with van der Waals surface area (Å²) in [5, 5.41) is 6.16. The zero-order valence-corrected chi connectivity index (χ0v) is 20.4. The summed E-state index contributed by atoms with van der Waals surface area (Å²) in [6.07, 6.45) is 4.75. The molecule has 10 heteroatoms. The molecular formula is C25H33N7O3. The van der Waals surface area contributed by atoms with Crippen molar-refractivity contribution in [3.05, 3.63) is 41.7 Å². The first-order chi connectivity index (χ1) is 16.7. The Bertz CT molecular complexity index is 1180. The number of H-pyrrole nitrogens is 1. The standard InChI is InChI=1S/C25H33N7O3/c1-25(2,3)23(34)30-18-10-8-17(9-11-18)21(33)27-12-15-4-6-16(7-5-15)13-35-22-19-20(29-14-28-19)31-24(26)32-22/h4-7,14,17-18H,8-13H2,1-3H3,(H,27,33)(H,30,34)(H3,26,28,29,31,32). The average Bonchev–Trinajstić information content (AvgIpc) is 3.30. The van der Waals surface area contributed by atoms with Crippen molar-refractivity contribution >= 4 is 28.9 Å². The molecule has 2 aromatic heterocycles. The smallest absolute Gasteiger partial charge is 0.245 e. The summed E-state index contributed by atoms with van der Waals surface area (Å²) < 4.78 is 5.81. The number of hydrogen-bond donors (Lipinski definition) is 4. The highest BCUT2D eigenvalue weighted by Crippen LogP contribution is 2.26. The lowest BCUT2D eigenvalue weighted by Crippen LogP contribution is -2.44. The van der Waals surface area contributed by atoms with Gasteiger partial charge >= 0.3 is 0 Å². The van der Waals surface area contributed by atoms with Crippen molar-refractivity contribution in [1.29, 1.82) is 0 Å². The van der Waals surface area contributed by atoms with E-state index in [4.69, 9.17) is 10.5 Å². The molecule has 1 fully saturated rings. The fourth-order valence-corrected chi connectivity index (χ4v) is 4.07. The number of fused-ring (bicyclic) bond motifs is 1. The van der Waals surface area contributed by atoms with Crippen LogP contribution in [0.2, 0.25) is 0 Å². The summed E-state index contributed by atoms with van der Waals surface area (Å²) in [5.74, 6) is 0.589. The zero-order chi connectivity index (χ0) is 25.0. The Labute approximate surface area is 204 Å². The number of nitrogen functional groups attached to an aromatic ring is 1. The van der Waals surface area contributed by atoms with Crippen LogP contribution in [0.15, 0.2) is 30.6 Å². The van der Waals surface area contributed by atoms with Crippen molar-refractivity contribution < 1.29 is 14.3 Å². The largest absolute Gasteiger partial charge is 0.471 e. The number of amides is 2. The second-order valence-corrected chi connectivity index (χ2v) is 10.1. The molecule has 0 radical (unpaired) electrons. The molecule has 1 aliphatic rings. The summed E-state index contributed by atoms with van der Waals surface area (Å²) in [6, 6.07) is 8.01. The second-order valence-electron chi connectivity index (χ2n) is 10.1. The van der Waals surface area contributed by atoms with E-state index in [1.807, 2.05) is 45.0 Å². The molecule has 0 saturated heterocycles. The third kappa shape index (κ3) is 6.26. The summed E-state index contributed by atoms with van der Waals surface area (Å²) in [6.45, 7) is 6.51. The normalized spacial score (nSPS) is 18.3. The summed E-state index contributed by atoms with van der Waals surface area (Å²) in [5.41, 5.74) is 8.35. The Morgan fingerprint density at radius 2 is 1.77 bits per heavy atom. The van der Waals surface area contributed by atoms with Gasteiger partial charge in [-0.2, -0.15) is 9.97 Å². The molecular weight excluding hydrogens is 446 g/mol. The third-order valence-electron chi connectivity index (χ3n) is 6.25. The van der Waals surface area contributed by atoms with Crippen LogP contribution in [0.3, 0.4) is 0 Å². The Morgan fingerprint density at radius 3 is 2.46 bits per heavy atom. The average molecular weight is 480 g/mol. The number of ether oxygens (including phenoxy) is 1. The highest BCUT2D eigenvalue weighted by Gasteiger charge is 2.29. The topological polar surface area (TPSA) is 148 Å². The Hall–Kier alpha value is -3.69. The van der Waals surface area contributed by atoms with Gasteiger partial charge in [-0.15, -0.1) is 0 Å². The molecule has 186 valence electrons. The summed E-state index contributed by atoms with van der Waals surface area (Å²) >= 11 is 0. The van der Waals surface area contributed by atoms with Gasteiger partial charge < -0.3 is 26.1 Å². The van der Waals surface area contributed by atoms with E-state index in [0.717, 1.165) is 36.8 Å². The molecule has 2 heterocycles. The van der Waals surface area contributed by atoms with Gasteiger partial charge in [0.1, 0.15) is 12.1 Å². The highest BCUT2D eigenvalue weighted by atomic mass is 16.5. The number of nitrogens with two attached hydrogens (primary N) is 1. The minimum Gasteiger partial charge on any atom is -0.471 e. The molecule has 0 spiro atoms. The van der Waals surface area contributed by atoms with Crippen molar-refractivity contribution in [2.24, 2.45) is 11.3 Å². The van der Waals surface area contributed by atoms with E-state index >= 15 is 0 Å². The Kier molecular flexibility index (Phi) is 7.18. The van der Waals surface area contributed by atoms with E-state index in [1.165, 1.54) is 6.33 Å². The van der Waals surface area contributed by atoms with Gasteiger partial charge in [-0.1, -0.05) is 45.0 Å². The molecule has 1 saturated carbocycles. The maximum Gasteiger partial charge on any atom is 0.245 e. The molecule has 0 bridgehead atoms. The molecule has 0 aliphatic heterocycles. The van der Waals surface area contributed by atoms with Crippen molar-refractivity contribution in [1.82, 2.24) is 30.6 Å². The molecule has 35 heavy (non-hydrogen) atoms. The molecule has 3 aromatic rings. The first-order valence-electron chi connectivity index (χ1n) is 11.9. The fraction of sp³-hybridized carbons (Fsp3) is 0.480. The van der Waals surface area contributed by atoms with Crippen molar-refractivity contribution in [2.75, 3.05) is 5.73 Å². The maximum absolute atomic E-state index is 12.6. The van der Waals surface area contributed by atoms with Crippen LogP contribution in [0, 0.1) is 11.3 Å². The lowest BCUT2D eigenvalue weighted by atomic mass is 9.84. The number of anilines is 1. The zero-order valence-electron chi connectivity index (χ0n) is 20.4. The SMILES string of the molecule is CC(C)(C)C(=O)NC1CCC(C(=O)NCc2ccc(COc3nc(N)nc4nc[nH]c34)cc2)CC1. The molecule has 2 amide bonds. The number of nitrogens with zero attached hydrogens (tertiary/aromatic N) is 3. The Balaban J connectivity index is 1.22. The van der Waals surface area contributed by atoms with Gasteiger partial charge in [-0.25, -0.2) is 4.98 Å². The minimum absolute atomic E-state index is 0.00919. The predicted octanol–water partition coefficient (Wildman–Crippen LogP) is 2.85. The molecule has 4 rings (SSSR count). The number of benzene rings is 1. The molecule has 0 atom stereocenters. The van der Waals surface area contributed by atoms with E-state index < -0.39 is 5.41 Å². The fourth-order valence-electron chi connectivity index (χ4n) is 4.07. The minimum atomic E-state index is -0.397. The lowest BCUT2D eigenvalue weighted by Gasteiger charge is -2.30. The van der Waals surface area contributed by atoms with Gasteiger partial charge in [0.2, 0.25) is 23.6 Å². The second kappa shape index (κ2) is 10.3. The summed E-state index contributed by atoms with van der Waals surface area (Å²) in [7, 11) is 0. The van der Waals surface area contributed by atoms with Gasteiger partial charge in [0.05, 0.1) is 6.33 Å². The number of aromatic amines is 1. The number of rotatable bonds is 7. The quantitative estimate of drug-likeness (QED) is 0.407. The van der Waals surface area contributed by atoms with E-state index in [2.05, 4.69) is 30.6 Å². The number of nitrogens with one attached hydrogen (secondary N) is 3. The van der Waals surface area contributed by atoms with Crippen LogP contribution in [0.1, 0.15) is 57.6 Å². The van der Waals surface area contributed by atoms with Crippen LogP contribution in [-0.4, -0.2) is 37.8 Å². The van der Waals surface area contributed by atoms with Crippen LogP contribution < -0.4 is 21.1 Å². The van der Waals surface area contributed by atoms with E-state index in [0.29, 0.717) is 30.2 Å². The molecule has 0 unspecified atom stereocenters. The monoisotopic (exact) mass is 479 g/mol. The highest BCUT2D eigenvalue weighted by molar-refractivity contribution is 5.82. The number of imidazole rings is 1. The van der Waals surface area contributed by atoms with Crippen molar-refractivity contribution in [3.63, 3.8) is 0 Å². The van der Waals surface area contributed by atoms with Crippen LogP contribution >= 0.6 is 0 Å². The molecule has 1 aromatic carbocycles. The van der Waals surface area contributed by atoms with Crippen LogP contribution in [0.25, 0.3) is 11.2 Å². The van der Waals surface area contributed by atoms with Gasteiger partial charge in [0, 0.05) is 23.9 Å². The van der Waals surface area contributed by atoms with Gasteiger partial charge in [0.15, 0.2) is 5.65 Å². The number of aromatic nitrogens is 4. The molecule has 10 nitrogen and oxygen atoms in total. The van der Waals surface area contributed by atoms with Gasteiger partial charge in [-0.05, 0) is 36.8 Å². The van der Waals surface area contributed by atoms with Crippen LogP contribution in [0.4, 0.5) is 5.95 Å². The number of carbonyl (C=O) groups excluding carboxylic acids is 2. The summed E-state index contributed by atoms with van der Waals surface area (Å²) in [4.78, 5) is 40.1.